The Kier molecular flexibility index (Phi) is 4.58. The zero-order valence-corrected chi connectivity index (χ0v) is 12.7. The minimum Gasteiger partial charge on any atom is -0.355 e. The van der Waals surface area contributed by atoms with Gasteiger partial charge in [-0.2, -0.15) is 0 Å². The molecular formula is C14H17BrFN3. The van der Waals surface area contributed by atoms with E-state index in [0.29, 0.717) is 11.6 Å². The van der Waals surface area contributed by atoms with E-state index in [1.165, 1.54) is 6.07 Å². The Morgan fingerprint density at radius 2 is 2.21 bits per heavy atom. The molecule has 19 heavy (non-hydrogen) atoms. The van der Waals surface area contributed by atoms with Gasteiger partial charge >= 0.3 is 0 Å². The van der Waals surface area contributed by atoms with Crippen LogP contribution < -0.4 is 5.32 Å². The zero-order valence-electron chi connectivity index (χ0n) is 11.1. The Bertz CT molecular complexity index is 566. The second kappa shape index (κ2) is 6.19. The highest BCUT2D eigenvalue weighted by Gasteiger charge is 2.11. The van der Waals surface area contributed by atoms with Crippen LogP contribution >= 0.6 is 15.9 Å². The Balaban J connectivity index is 2.35. The van der Waals surface area contributed by atoms with Crippen molar-refractivity contribution in [3.05, 3.63) is 40.4 Å². The number of aryl methyl sites for hydroxylation is 1. The number of rotatable bonds is 5. The van der Waals surface area contributed by atoms with Crippen LogP contribution in [0.5, 0.6) is 0 Å². The van der Waals surface area contributed by atoms with Crippen LogP contribution in [0, 0.1) is 12.7 Å². The first-order chi connectivity index (χ1) is 9.11. The third kappa shape index (κ3) is 3.35. The van der Waals surface area contributed by atoms with Crippen molar-refractivity contribution in [2.45, 2.75) is 26.7 Å². The molecule has 0 aliphatic heterocycles. The maximum Gasteiger partial charge on any atom is 0.207 e. The molecule has 0 radical (unpaired) electrons. The molecule has 0 aliphatic carbocycles. The summed E-state index contributed by atoms with van der Waals surface area (Å²) in [7, 11) is 0. The van der Waals surface area contributed by atoms with Gasteiger partial charge in [-0.05, 0) is 31.5 Å². The molecule has 0 saturated carbocycles. The highest BCUT2D eigenvalue weighted by molar-refractivity contribution is 9.10. The minimum absolute atomic E-state index is 0.265. The minimum atomic E-state index is -0.265. The Hall–Kier alpha value is -1.36. The van der Waals surface area contributed by atoms with Crippen molar-refractivity contribution in [1.29, 1.82) is 0 Å². The van der Waals surface area contributed by atoms with E-state index in [-0.39, 0.29) is 5.82 Å². The first-order valence-corrected chi connectivity index (χ1v) is 7.16. The second-order valence-corrected chi connectivity index (χ2v) is 5.37. The lowest BCUT2D eigenvalue weighted by Gasteiger charge is -2.10. The molecule has 0 aliphatic rings. The number of aromatic nitrogens is 2. The molecule has 0 fully saturated rings. The van der Waals surface area contributed by atoms with E-state index in [2.05, 4.69) is 33.2 Å². The van der Waals surface area contributed by atoms with Gasteiger partial charge in [0.2, 0.25) is 5.95 Å². The summed E-state index contributed by atoms with van der Waals surface area (Å²) in [5, 5.41) is 3.25. The van der Waals surface area contributed by atoms with Crippen molar-refractivity contribution in [2.24, 2.45) is 0 Å². The van der Waals surface area contributed by atoms with Crippen molar-refractivity contribution in [1.82, 2.24) is 9.55 Å². The maximum absolute atomic E-state index is 13.9. The van der Waals surface area contributed by atoms with Gasteiger partial charge in [-0.3, -0.25) is 4.57 Å². The Morgan fingerprint density at radius 3 is 2.95 bits per heavy atom. The van der Waals surface area contributed by atoms with Gasteiger partial charge < -0.3 is 5.32 Å². The van der Waals surface area contributed by atoms with Crippen molar-refractivity contribution >= 4 is 21.9 Å². The van der Waals surface area contributed by atoms with E-state index in [1.807, 2.05) is 13.1 Å². The summed E-state index contributed by atoms with van der Waals surface area (Å²) in [6.45, 7) is 4.87. The van der Waals surface area contributed by atoms with Crippen LogP contribution in [0.25, 0.3) is 5.69 Å². The lowest BCUT2D eigenvalue weighted by Crippen LogP contribution is -2.08. The summed E-state index contributed by atoms with van der Waals surface area (Å²) in [4.78, 5) is 4.40. The van der Waals surface area contributed by atoms with Gasteiger partial charge in [0.1, 0.15) is 5.82 Å². The first-order valence-electron chi connectivity index (χ1n) is 6.37. The topological polar surface area (TPSA) is 29.9 Å². The molecule has 102 valence electrons. The monoisotopic (exact) mass is 325 g/mol. The van der Waals surface area contributed by atoms with E-state index < -0.39 is 0 Å². The molecular weight excluding hydrogens is 309 g/mol. The average molecular weight is 326 g/mol. The number of imidazole rings is 1. The number of hydrogen-bond acceptors (Lipinski definition) is 2. The fraction of sp³-hybridized carbons (Fsp3) is 0.357. The number of anilines is 1. The average Bonchev–Trinajstić information content (AvgIpc) is 2.74. The van der Waals surface area contributed by atoms with Crippen molar-refractivity contribution in [2.75, 3.05) is 11.9 Å². The van der Waals surface area contributed by atoms with Crippen LogP contribution in [0.15, 0.2) is 28.9 Å². The molecule has 1 heterocycles. The molecule has 3 nitrogen and oxygen atoms in total. The predicted octanol–water partition coefficient (Wildman–Crippen LogP) is 4.29. The maximum atomic E-state index is 13.9. The van der Waals surface area contributed by atoms with Crippen molar-refractivity contribution in [3.63, 3.8) is 0 Å². The molecule has 2 aromatic rings. The smallest absolute Gasteiger partial charge is 0.207 e. The second-order valence-electron chi connectivity index (χ2n) is 4.45. The molecule has 0 amide bonds. The quantitative estimate of drug-likeness (QED) is 0.831. The molecule has 0 saturated heterocycles. The van der Waals surface area contributed by atoms with Gasteiger partial charge in [0.25, 0.3) is 0 Å². The largest absolute Gasteiger partial charge is 0.355 e. The van der Waals surface area contributed by atoms with E-state index in [9.17, 15) is 4.39 Å². The SMILES string of the molecule is CCCCNc1nc(C)cn1-c1cc(Br)ccc1F. The molecule has 1 aromatic heterocycles. The molecule has 0 atom stereocenters. The molecule has 0 spiro atoms. The summed E-state index contributed by atoms with van der Waals surface area (Å²) >= 11 is 3.37. The third-order valence-electron chi connectivity index (χ3n) is 2.81. The standard InChI is InChI=1S/C14H17BrFN3/c1-3-4-7-17-14-18-10(2)9-19(14)13-8-11(15)5-6-12(13)16/h5-6,8-9H,3-4,7H2,1-2H3,(H,17,18). The Morgan fingerprint density at radius 1 is 1.42 bits per heavy atom. The number of halogens is 2. The molecule has 5 heteroatoms. The predicted molar refractivity (Wildman–Crippen MR) is 79.4 cm³/mol. The van der Waals surface area contributed by atoms with Crippen LogP contribution in [0.2, 0.25) is 0 Å². The fourth-order valence-electron chi connectivity index (χ4n) is 1.85. The summed E-state index contributed by atoms with van der Waals surface area (Å²) in [5.41, 5.74) is 1.35. The van der Waals surface area contributed by atoms with E-state index in [1.54, 1.807) is 16.7 Å². The van der Waals surface area contributed by atoms with Crippen LogP contribution in [0.4, 0.5) is 10.3 Å². The van der Waals surface area contributed by atoms with Gasteiger partial charge in [0, 0.05) is 17.2 Å². The van der Waals surface area contributed by atoms with Gasteiger partial charge in [0.15, 0.2) is 0 Å². The lowest BCUT2D eigenvalue weighted by molar-refractivity contribution is 0.618. The highest BCUT2D eigenvalue weighted by atomic mass is 79.9. The van der Waals surface area contributed by atoms with Crippen LogP contribution in [0.3, 0.4) is 0 Å². The summed E-state index contributed by atoms with van der Waals surface area (Å²) in [6, 6.07) is 4.89. The van der Waals surface area contributed by atoms with E-state index in [0.717, 1.165) is 29.6 Å². The van der Waals surface area contributed by atoms with Crippen molar-refractivity contribution < 1.29 is 4.39 Å². The van der Waals surface area contributed by atoms with Gasteiger partial charge in [-0.15, -0.1) is 0 Å². The van der Waals surface area contributed by atoms with Crippen molar-refractivity contribution in [3.8, 4) is 5.69 Å². The number of nitrogens with one attached hydrogen (secondary N) is 1. The molecule has 2 rings (SSSR count). The van der Waals surface area contributed by atoms with Gasteiger partial charge in [-0.1, -0.05) is 29.3 Å². The van der Waals surface area contributed by atoms with Gasteiger partial charge in [0.05, 0.1) is 11.4 Å². The van der Waals surface area contributed by atoms with E-state index >= 15 is 0 Å². The zero-order chi connectivity index (χ0) is 13.8. The summed E-state index contributed by atoms with van der Waals surface area (Å²) in [6.07, 6.45) is 4.00. The number of nitrogens with zero attached hydrogens (tertiary/aromatic N) is 2. The van der Waals surface area contributed by atoms with Crippen LogP contribution in [-0.4, -0.2) is 16.1 Å². The third-order valence-corrected chi connectivity index (χ3v) is 3.30. The number of hydrogen-bond donors (Lipinski definition) is 1. The number of unbranched alkanes of at least 4 members (excludes halogenated alkanes) is 1. The fourth-order valence-corrected chi connectivity index (χ4v) is 2.20. The summed E-state index contributed by atoms with van der Waals surface area (Å²) < 4.78 is 16.5. The first kappa shape index (κ1) is 14.1. The van der Waals surface area contributed by atoms with E-state index in [4.69, 9.17) is 0 Å². The van der Waals surface area contributed by atoms with Gasteiger partial charge in [-0.25, -0.2) is 9.37 Å². The molecule has 0 unspecified atom stereocenters. The van der Waals surface area contributed by atoms with Crippen LogP contribution in [-0.2, 0) is 0 Å². The Labute approximate surface area is 121 Å². The number of benzene rings is 1. The molecule has 1 aromatic carbocycles. The lowest BCUT2D eigenvalue weighted by atomic mass is 10.3. The molecule has 0 bridgehead atoms. The highest BCUT2D eigenvalue weighted by Crippen LogP contribution is 2.23. The summed E-state index contributed by atoms with van der Waals surface area (Å²) in [5.74, 6) is 0.419. The normalized spacial score (nSPS) is 10.7. The van der Waals surface area contributed by atoms with Crippen LogP contribution in [0.1, 0.15) is 25.5 Å². The molecule has 1 N–H and O–H groups in total.